The van der Waals surface area contributed by atoms with E-state index >= 15 is 0 Å². The van der Waals surface area contributed by atoms with E-state index in [9.17, 15) is 0 Å². The molecule has 0 aliphatic rings. The van der Waals surface area contributed by atoms with Gasteiger partial charge in [0, 0.05) is 5.38 Å². The van der Waals surface area contributed by atoms with Crippen LogP contribution < -0.4 is 0 Å². The van der Waals surface area contributed by atoms with Crippen molar-refractivity contribution in [3.05, 3.63) is 35.2 Å². The second kappa shape index (κ2) is 5.55. The van der Waals surface area contributed by atoms with E-state index in [-0.39, 0.29) is 0 Å². The number of hydrogen-bond acceptors (Lipinski definition) is 4. The molecule has 0 bridgehead atoms. The summed E-state index contributed by atoms with van der Waals surface area (Å²) in [5.41, 5.74) is 1.22. The second-order valence-electron chi connectivity index (χ2n) is 3.72. The molecule has 1 atom stereocenters. The highest BCUT2D eigenvalue weighted by molar-refractivity contribution is 8.00. The lowest BCUT2D eigenvalue weighted by molar-refractivity contribution is 0.530. The maximum Gasteiger partial charge on any atom is 0.150 e. The molecule has 0 amide bonds. The molecule has 0 radical (unpaired) electrons. The molecule has 0 aliphatic heterocycles. The fourth-order valence-corrected chi connectivity index (χ4v) is 3.16. The minimum absolute atomic E-state index is 0.564. The average Bonchev–Trinajstić information content (AvgIpc) is 2.96. The van der Waals surface area contributed by atoms with E-state index < -0.39 is 0 Å². The molecule has 2 aromatic heterocycles. The molecular formula is C12H15NOS2. The van der Waals surface area contributed by atoms with Crippen molar-refractivity contribution in [3.8, 4) is 0 Å². The lowest BCUT2D eigenvalue weighted by Crippen LogP contribution is -1.90. The van der Waals surface area contributed by atoms with Crippen LogP contribution in [0.5, 0.6) is 0 Å². The van der Waals surface area contributed by atoms with E-state index in [0.717, 1.165) is 22.3 Å². The summed E-state index contributed by atoms with van der Waals surface area (Å²) in [4.78, 5) is 4.62. The number of furan rings is 1. The molecule has 2 heterocycles. The molecule has 2 nitrogen and oxygen atoms in total. The van der Waals surface area contributed by atoms with Crippen LogP contribution in [0.4, 0.5) is 0 Å². The Morgan fingerprint density at radius 2 is 2.44 bits per heavy atom. The van der Waals surface area contributed by atoms with Crippen LogP contribution in [0, 0.1) is 0 Å². The molecule has 1 unspecified atom stereocenters. The summed E-state index contributed by atoms with van der Waals surface area (Å²) in [7, 11) is 0. The summed E-state index contributed by atoms with van der Waals surface area (Å²) in [5, 5.41) is 2.17. The van der Waals surface area contributed by atoms with Gasteiger partial charge in [0.1, 0.15) is 5.76 Å². The molecule has 0 aliphatic carbocycles. The Bertz CT molecular complexity index is 422. The highest BCUT2D eigenvalue weighted by atomic mass is 32.2. The van der Waals surface area contributed by atoms with Gasteiger partial charge >= 0.3 is 0 Å². The third-order valence-electron chi connectivity index (χ3n) is 2.54. The van der Waals surface area contributed by atoms with E-state index in [0.29, 0.717) is 5.92 Å². The topological polar surface area (TPSA) is 26.0 Å². The van der Waals surface area contributed by atoms with Gasteiger partial charge in [-0.2, -0.15) is 0 Å². The molecule has 0 saturated carbocycles. The van der Waals surface area contributed by atoms with Crippen LogP contribution >= 0.6 is 23.1 Å². The third-order valence-corrected chi connectivity index (χ3v) is 4.60. The number of thioether (sulfide) groups is 1. The zero-order valence-electron chi connectivity index (χ0n) is 9.47. The Labute approximate surface area is 104 Å². The zero-order valence-corrected chi connectivity index (χ0v) is 11.1. The van der Waals surface area contributed by atoms with Gasteiger partial charge < -0.3 is 4.42 Å². The van der Waals surface area contributed by atoms with Gasteiger partial charge in [-0.05, 0) is 24.5 Å². The summed E-state index contributed by atoms with van der Waals surface area (Å²) in [6, 6.07) is 3.92. The summed E-state index contributed by atoms with van der Waals surface area (Å²) in [5.74, 6) is 2.43. The van der Waals surface area contributed by atoms with Gasteiger partial charge in [-0.15, -0.1) is 11.3 Å². The van der Waals surface area contributed by atoms with Gasteiger partial charge in [-0.1, -0.05) is 25.6 Å². The molecule has 86 valence electrons. The van der Waals surface area contributed by atoms with Crippen LogP contribution in [-0.4, -0.2) is 4.98 Å². The number of aromatic nitrogens is 1. The van der Waals surface area contributed by atoms with Crippen molar-refractivity contribution in [1.29, 1.82) is 0 Å². The molecule has 2 aromatic rings. The predicted octanol–water partition coefficient (Wildman–Crippen LogP) is 4.54. The molecule has 0 spiro atoms. The van der Waals surface area contributed by atoms with Crippen molar-refractivity contribution >= 4 is 23.1 Å². The zero-order chi connectivity index (χ0) is 11.4. The van der Waals surface area contributed by atoms with E-state index in [1.54, 1.807) is 29.4 Å². The largest absolute Gasteiger partial charge is 0.468 e. The molecule has 2 rings (SSSR count). The van der Waals surface area contributed by atoms with Crippen molar-refractivity contribution < 1.29 is 4.42 Å². The molecule has 0 N–H and O–H groups in total. The normalized spacial score (nSPS) is 12.9. The van der Waals surface area contributed by atoms with Crippen molar-refractivity contribution in [1.82, 2.24) is 4.98 Å². The monoisotopic (exact) mass is 253 g/mol. The van der Waals surface area contributed by atoms with Gasteiger partial charge in [0.05, 0.1) is 17.7 Å². The SMILES string of the molecule is CCC(C)c1csc(SCc2ccco2)n1. The molecule has 16 heavy (non-hydrogen) atoms. The quantitative estimate of drug-likeness (QED) is 0.732. The summed E-state index contributed by atoms with van der Waals surface area (Å²) in [6.45, 7) is 4.41. The smallest absolute Gasteiger partial charge is 0.150 e. The predicted molar refractivity (Wildman–Crippen MR) is 69.1 cm³/mol. The Kier molecular flexibility index (Phi) is 4.07. The van der Waals surface area contributed by atoms with Crippen LogP contribution in [0.25, 0.3) is 0 Å². The fraction of sp³-hybridized carbons (Fsp3) is 0.417. The summed E-state index contributed by atoms with van der Waals surface area (Å²) in [6.07, 6.45) is 2.86. The van der Waals surface area contributed by atoms with E-state index in [4.69, 9.17) is 4.42 Å². The van der Waals surface area contributed by atoms with Crippen LogP contribution in [0.1, 0.15) is 37.6 Å². The van der Waals surface area contributed by atoms with E-state index in [1.807, 2.05) is 12.1 Å². The van der Waals surface area contributed by atoms with Crippen LogP contribution in [0.2, 0.25) is 0 Å². The molecule has 0 saturated heterocycles. The lowest BCUT2D eigenvalue weighted by atomic mass is 10.1. The Balaban J connectivity index is 1.93. The molecule has 0 aromatic carbocycles. The first-order valence-electron chi connectivity index (χ1n) is 5.40. The first-order chi connectivity index (χ1) is 7.79. The molecule has 4 heteroatoms. The first-order valence-corrected chi connectivity index (χ1v) is 7.26. The first kappa shape index (κ1) is 11.7. The van der Waals surface area contributed by atoms with Crippen molar-refractivity contribution in [2.45, 2.75) is 36.3 Å². The Morgan fingerprint density at radius 3 is 3.12 bits per heavy atom. The van der Waals surface area contributed by atoms with Gasteiger partial charge in [0.25, 0.3) is 0 Å². The number of rotatable bonds is 5. The number of thiazole rings is 1. The Morgan fingerprint density at radius 1 is 1.56 bits per heavy atom. The minimum atomic E-state index is 0.564. The maximum atomic E-state index is 5.29. The third kappa shape index (κ3) is 2.89. The fourth-order valence-electron chi connectivity index (χ4n) is 1.30. The average molecular weight is 253 g/mol. The number of nitrogens with zero attached hydrogens (tertiary/aromatic N) is 1. The van der Waals surface area contributed by atoms with Crippen molar-refractivity contribution in [2.75, 3.05) is 0 Å². The van der Waals surface area contributed by atoms with Crippen molar-refractivity contribution in [2.24, 2.45) is 0 Å². The minimum Gasteiger partial charge on any atom is -0.468 e. The van der Waals surface area contributed by atoms with Crippen LogP contribution in [0.15, 0.2) is 32.5 Å². The van der Waals surface area contributed by atoms with Gasteiger partial charge in [0.15, 0.2) is 4.34 Å². The highest BCUT2D eigenvalue weighted by Crippen LogP contribution is 2.29. The van der Waals surface area contributed by atoms with Crippen LogP contribution in [0.3, 0.4) is 0 Å². The van der Waals surface area contributed by atoms with E-state index in [1.165, 1.54) is 5.69 Å². The lowest BCUT2D eigenvalue weighted by Gasteiger charge is -2.02. The highest BCUT2D eigenvalue weighted by Gasteiger charge is 2.08. The summed E-state index contributed by atoms with van der Waals surface area (Å²) < 4.78 is 6.42. The molecule has 0 fully saturated rings. The van der Waals surface area contributed by atoms with Crippen molar-refractivity contribution in [3.63, 3.8) is 0 Å². The van der Waals surface area contributed by atoms with Crippen LogP contribution in [-0.2, 0) is 5.75 Å². The summed E-state index contributed by atoms with van der Waals surface area (Å²) >= 11 is 3.47. The van der Waals surface area contributed by atoms with E-state index in [2.05, 4.69) is 24.2 Å². The number of hydrogen-bond donors (Lipinski definition) is 0. The maximum absolute atomic E-state index is 5.29. The standard InChI is InChI=1S/C12H15NOS2/c1-3-9(2)11-8-16-12(13-11)15-7-10-5-4-6-14-10/h4-6,8-9H,3,7H2,1-2H3. The molecular weight excluding hydrogens is 238 g/mol. The van der Waals surface area contributed by atoms with Gasteiger partial charge in [-0.25, -0.2) is 4.98 Å². The second-order valence-corrected chi connectivity index (χ2v) is 5.80. The van der Waals surface area contributed by atoms with Gasteiger partial charge in [0.2, 0.25) is 0 Å². The van der Waals surface area contributed by atoms with Gasteiger partial charge in [-0.3, -0.25) is 0 Å². The Hall–Kier alpha value is -0.740.